The Balaban J connectivity index is 4.01. The van der Waals surface area contributed by atoms with Gasteiger partial charge in [-0.25, -0.2) is 0 Å². The summed E-state index contributed by atoms with van der Waals surface area (Å²) in [6.45, 7) is 4.87. The van der Waals surface area contributed by atoms with Gasteiger partial charge in [-0.15, -0.1) is 0 Å². The maximum Gasteiger partial charge on any atom is 0.164 e. The Kier molecular flexibility index (Phi) is 28.6. The van der Waals surface area contributed by atoms with Gasteiger partial charge >= 0.3 is 0 Å². The molecule has 0 amide bonds. The number of rotatable bonds is 31. The van der Waals surface area contributed by atoms with E-state index in [0.717, 1.165) is 25.7 Å². The van der Waals surface area contributed by atoms with Gasteiger partial charge in [0.05, 0.1) is 0 Å². The van der Waals surface area contributed by atoms with Gasteiger partial charge < -0.3 is 15.5 Å². The van der Waals surface area contributed by atoms with Gasteiger partial charge in [-0.1, -0.05) is 142 Å². The van der Waals surface area contributed by atoms with Crippen molar-refractivity contribution in [1.29, 1.82) is 0 Å². The van der Waals surface area contributed by atoms with E-state index < -0.39 is 6.29 Å². The van der Waals surface area contributed by atoms with Gasteiger partial charge in [0.2, 0.25) is 0 Å². The predicted octanol–water partition coefficient (Wildman–Crippen LogP) is 8.43. The zero-order valence-corrected chi connectivity index (χ0v) is 25.5. The maximum atomic E-state index is 12.9. The molecular weight excluding hydrogens is 474 g/mol. The standard InChI is InChI=1S/C33H65NO4/c1-3-5-7-9-11-13-15-17-19-21-23-25-31(35)27-30(28-34-29-33(37)38)32(36)26-24-22-20-18-16-14-12-10-8-6-4-2/h30,33-34,37-38H,3-29H2,1-2H3. The monoisotopic (exact) mass is 539 g/mol. The van der Waals surface area contributed by atoms with Crippen molar-refractivity contribution in [1.82, 2.24) is 5.32 Å². The van der Waals surface area contributed by atoms with Crippen molar-refractivity contribution in [3.8, 4) is 0 Å². The highest BCUT2D eigenvalue weighted by atomic mass is 16.5. The molecule has 0 spiro atoms. The van der Waals surface area contributed by atoms with Crippen molar-refractivity contribution in [3.05, 3.63) is 0 Å². The molecule has 0 aliphatic heterocycles. The summed E-state index contributed by atoms with van der Waals surface area (Å²) in [5.41, 5.74) is 0. The number of nitrogens with one attached hydrogen (secondary N) is 1. The topological polar surface area (TPSA) is 86.6 Å². The zero-order chi connectivity index (χ0) is 28.1. The summed E-state index contributed by atoms with van der Waals surface area (Å²) in [6, 6.07) is 0. The molecule has 0 saturated carbocycles. The number of carbonyl (C=O) groups excluding carboxylic acids is 2. The molecule has 1 atom stereocenters. The Morgan fingerprint density at radius 3 is 1.29 bits per heavy atom. The highest BCUT2D eigenvalue weighted by molar-refractivity contribution is 5.88. The molecular formula is C33H65NO4. The minimum Gasteiger partial charge on any atom is -0.367 e. The highest BCUT2D eigenvalue weighted by Crippen LogP contribution is 2.17. The van der Waals surface area contributed by atoms with Gasteiger partial charge in [0.15, 0.2) is 6.29 Å². The maximum absolute atomic E-state index is 12.9. The summed E-state index contributed by atoms with van der Waals surface area (Å²) in [6.07, 6.45) is 27.5. The van der Waals surface area contributed by atoms with Gasteiger partial charge in [-0.3, -0.25) is 9.59 Å². The average Bonchev–Trinajstić information content (AvgIpc) is 2.89. The first-order valence-electron chi connectivity index (χ1n) is 16.6. The molecule has 38 heavy (non-hydrogen) atoms. The Hall–Kier alpha value is -0.780. The molecule has 0 aromatic heterocycles. The molecule has 5 nitrogen and oxygen atoms in total. The molecule has 0 aliphatic rings. The van der Waals surface area contributed by atoms with Crippen molar-refractivity contribution in [3.63, 3.8) is 0 Å². The summed E-state index contributed by atoms with van der Waals surface area (Å²) in [7, 11) is 0. The number of aliphatic hydroxyl groups is 2. The van der Waals surface area contributed by atoms with Gasteiger partial charge in [0.1, 0.15) is 11.6 Å². The van der Waals surface area contributed by atoms with E-state index in [1.54, 1.807) is 0 Å². The van der Waals surface area contributed by atoms with Crippen molar-refractivity contribution in [2.75, 3.05) is 13.1 Å². The summed E-state index contributed by atoms with van der Waals surface area (Å²) in [5, 5.41) is 21.2. The third kappa shape index (κ3) is 26.8. The van der Waals surface area contributed by atoms with Crippen LogP contribution in [0, 0.1) is 5.92 Å². The Labute approximate surface area is 236 Å². The minimum absolute atomic E-state index is 0.0228. The van der Waals surface area contributed by atoms with E-state index in [9.17, 15) is 9.59 Å². The number of unbranched alkanes of at least 4 members (excludes halogenated alkanes) is 20. The van der Waals surface area contributed by atoms with Crippen LogP contribution in [0.5, 0.6) is 0 Å². The van der Waals surface area contributed by atoms with Crippen LogP contribution in [-0.2, 0) is 9.59 Å². The van der Waals surface area contributed by atoms with Gasteiger partial charge in [-0.05, 0) is 12.8 Å². The predicted molar refractivity (Wildman–Crippen MR) is 161 cm³/mol. The molecule has 0 aliphatic carbocycles. The summed E-state index contributed by atoms with van der Waals surface area (Å²) >= 11 is 0. The molecule has 1 unspecified atom stereocenters. The second-order valence-electron chi connectivity index (χ2n) is 11.6. The van der Waals surface area contributed by atoms with E-state index in [0.29, 0.717) is 19.4 Å². The van der Waals surface area contributed by atoms with Crippen LogP contribution in [0.3, 0.4) is 0 Å². The van der Waals surface area contributed by atoms with E-state index in [-0.39, 0.29) is 30.4 Å². The Bertz CT molecular complexity index is 523. The lowest BCUT2D eigenvalue weighted by Crippen LogP contribution is -2.34. The third-order valence-electron chi connectivity index (χ3n) is 7.73. The molecule has 0 radical (unpaired) electrons. The van der Waals surface area contributed by atoms with Crippen LogP contribution < -0.4 is 5.32 Å². The van der Waals surface area contributed by atoms with Crippen LogP contribution in [0.2, 0.25) is 0 Å². The van der Waals surface area contributed by atoms with Crippen LogP contribution in [0.4, 0.5) is 0 Å². The lowest BCUT2D eigenvalue weighted by Gasteiger charge is -2.17. The van der Waals surface area contributed by atoms with Crippen LogP contribution in [-0.4, -0.2) is 41.2 Å². The second-order valence-corrected chi connectivity index (χ2v) is 11.6. The fraction of sp³-hybridized carbons (Fsp3) is 0.939. The molecule has 0 bridgehead atoms. The number of carbonyl (C=O) groups is 2. The zero-order valence-electron chi connectivity index (χ0n) is 25.5. The van der Waals surface area contributed by atoms with Crippen molar-refractivity contribution in [2.24, 2.45) is 5.92 Å². The van der Waals surface area contributed by atoms with E-state index in [2.05, 4.69) is 19.2 Å². The summed E-state index contributed by atoms with van der Waals surface area (Å²) in [5.74, 6) is -0.0326. The first-order chi connectivity index (χ1) is 18.5. The number of aliphatic hydroxyl groups excluding tert-OH is 1. The highest BCUT2D eigenvalue weighted by Gasteiger charge is 2.21. The number of ketones is 2. The van der Waals surface area contributed by atoms with Crippen LogP contribution >= 0.6 is 0 Å². The van der Waals surface area contributed by atoms with E-state index in [1.807, 2.05) is 0 Å². The van der Waals surface area contributed by atoms with Gasteiger partial charge in [-0.2, -0.15) is 0 Å². The molecule has 0 saturated heterocycles. The van der Waals surface area contributed by atoms with E-state index >= 15 is 0 Å². The molecule has 226 valence electrons. The molecule has 0 fully saturated rings. The number of Topliss-reactive ketones (excluding diaryl/α,β-unsaturated/α-hetero) is 2. The van der Waals surface area contributed by atoms with Crippen LogP contribution in [0.15, 0.2) is 0 Å². The molecule has 0 aromatic carbocycles. The Morgan fingerprint density at radius 1 is 0.526 bits per heavy atom. The first-order valence-corrected chi connectivity index (χ1v) is 16.6. The minimum atomic E-state index is -1.44. The first kappa shape index (κ1) is 37.2. The van der Waals surface area contributed by atoms with Crippen LogP contribution in [0.25, 0.3) is 0 Å². The summed E-state index contributed by atoms with van der Waals surface area (Å²) in [4.78, 5) is 25.5. The average molecular weight is 540 g/mol. The van der Waals surface area contributed by atoms with Gasteiger partial charge in [0.25, 0.3) is 0 Å². The smallest absolute Gasteiger partial charge is 0.164 e. The molecule has 0 heterocycles. The van der Waals surface area contributed by atoms with E-state index in [4.69, 9.17) is 10.2 Å². The van der Waals surface area contributed by atoms with Crippen LogP contribution in [0.1, 0.15) is 174 Å². The molecule has 0 rings (SSSR count). The fourth-order valence-electron chi connectivity index (χ4n) is 5.22. The molecule has 0 aromatic rings. The number of hydrogen-bond donors (Lipinski definition) is 3. The number of hydrogen-bond acceptors (Lipinski definition) is 5. The second kappa shape index (κ2) is 29.2. The molecule has 5 heteroatoms. The largest absolute Gasteiger partial charge is 0.367 e. The third-order valence-corrected chi connectivity index (χ3v) is 7.73. The quantitative estimate of drug-likeness (QED) is 0.0608. The van der Waals surface area contributed by atoms with Crippen molar-refractivity contribution < 1.29 is 19.8 Å². The lowest BCUT2D eigenvalue weighted by molar-refractivity contribution is -0.128. The molecule has 3 N–H and O–H groups in total. The lowest BCUT2D eigenvalue weighted by atomic mass is 9.92. The normalized spacial score (nSPS) is 12.3. The van der Waals surface area contributed by atoms with E-state index in [1.165, 1.54) is 116 Å². The fourth-order valence-corrected chi connectivity index (χ4v) is 5.22. The van der Waals surface area contributed by atoms with Crippen molar-refractivity contribution >= 4 is 11.6 Å². The SMILES string of the molecule is CCCCCCCCCCCCCC(=O)CC(CNCC(O)O)C(=O)CCCCCCCCCCCCC. The van der Waals surface area contributed by atoms with Gasteiger partial charge in [0, 0.05) is 38.3 Å². The van der Waals surface area contributed by atoms with Crippen molar-refractivity contribution in [2.45, 2.75) is 181 Å². The Morgan fingerprint density at radius 2 is 0.895 bits per heavy atom. The summed E-state index contributed by atoms with van der Waals surface area (Å²) < 4.78 is 0.